The molecule has 1 aliphatic carbocycles. The number of aromatic nitrogens is 4. The maximum atomic E-state index is 4.74. The van der Waals surface area contributed by atoms with Crippen LogP contribution in [0.2, 0.25) is 0 Å². The van der Waals surface area contributed by atoms with E-state index in [2.05, 4.69) is 27.1 Å². The maximum absolute atomic E-state index is 4.74. The second kappa shape index (κ2) is 4.34. The van der Waals surface area contributed by atoms with Crippen molar-refractivity contribution in [2.75, 3.05) is 0 Å². The molecular formula is C16H14N4. The first kappa shape index (κ1) is 11.5. The average molecular weight is 262 g/mol. The van der Waals surface area contributed by atoms with Crippen LogP contribution in [0.15, 0.2) is 42.9 Å². The smallest absolute Gasteiger partial charge is 0.132 e. The molecule has 0 aliphatic heterocycles. The number of hydrogen-bond acceptors (Lipinski definition) is 4. The van der Waals surface area contributed by atoms with Crippen molar-refractivity contribution in [3.8, 4) is 0 Å². The second-order valence-electron chi connectivity index (χ2n) is 5.31. The monoisotopic (exact) mass is 262 g/mol. The Hall–Kier alpha value is -2.36. The van der Waals surface area contributed by atoms with Gasteiger partial charge in [0.15, 0.2) is 0 Å². The first-order valence-corrected chi connectivity index (χ1v) is 6.81. The van der Waals surface area contributed by atoms with Crippen LogP contribution in [0.25, 0.3) is 10.9 Å². The third-order valence-electron chi connectivity index (χ3n) is 3.83. The van der Waals surface area contributed by atoms with E-state index in [9.17, 15) is 0 Å². The zero-order chi connectivity index (χ0) is 13.5. The van der Waals surface area contributed by atoms with Crippen molar-refractivity contribution in [3.63, 3.8) is 0 Å². The van der Waals surface area contributed by atoms with E-state index >= 15 is 0 Å². The van der Waals surface area contributed by atoms with Gasteiger partial charge in [0.05, 0.1) is 5.52 Å². The number of pyridine rings is 2. The second-order valence-corrected chi connectivity index (χ2v) is 5.31. The molecule has 1 fully saturated rings. The van der Waals surface area contributed by atoms with Crippen molar-refractivity contribution >= 4 is 10.9 Å². The van der Waals surface area contributed by atoms with Gasteiger partial charge in [-0.1, -0.05) is 0 Å². The molecule has 0 amide bonds. The first-order valence-electron chi connectivity index (χ1n) is 6.81. The van der Waals surface area contributed by atoms with Crippen molar-refractivity contribution in [1.29, 1.82) is 0 Å². The highest BCUT2D eigenvalue weighted by molar-refractivity contribution is 5.77. The summed E-state index contributed by atoms with van der Waals surface area (Å²) >= 11 is 0. The molecule has 4 rings (SSSR count). The van der Waals surface area contributed by atoms with E-state index < -0.39 is 0 Å². The Morgan fingerprint density at radius 3 is 2.85 bits per heavy atom. The fraction of sp³-hybridized carbons (Fsp3) is 0.250. The van der Waals surface area contributed by atoms with E-state index in [1.165, 1.54) is 0 Å². The van der Waals surface area contributed by atoms with Crippen LogP contribution in [-0.2, 0) is 0 Å². The van der Waals surface area contributed by atoms with E-state index in [0.29, 0.717) is 11.8 Å². The lowest BCUT2D eigenvalue weighted by molar-refractivity contribution is 0.867. The highest BCUT2D eigenvalue weighted by Gasteiger charge is 2.42. The van der Waals surface area contributed by atoms with Gasteiger partial charge in [-0.05, 0) is 37.6 Å². The van der Waals surface area contributed by atoms with Gasteiger partial charge in [0.1, 0.15) is 5.82 Å². The molecule has 2 atom stereocenters. The summed E-state index contributed by atoms with van der Waals surface area (Å²) in [4.78, 5) is 17.8. The maximum Gasteiger partial charge on any atom is 0.132 e. The zero-order valence-corrected chi connectivity index (χ0v) is 11.2. The highest BCUT2D eigenvalue weighted by atomic mass is 14.9. The van der Waals surface area contributed by atoms with Gasteiger partial charge in [-0.25, -0.2) is 9.97 Å². The third kappa shape index (κ3) is 1.93. The largest absolute Gasteiger partial charge is 0.264 e. The molecule has 1 aliphatic rings. The molecular weight excluding hydrogens is 248 g/mol. The summed E-state index contributed by atoms with van der Waals surface area (Å²) in [5, 5.41) is 1.08. The lowest BCUT2D eigenvalue weighted by Crippen LogP contribution is -1.96. The molecule has 20 heavy (non-hydrogen) atoms. The molecule has 0 bridgehead atoms. The van der Waals surface area contributed by atoms with E-state index in [-0.39, 0.29) is 0 Å². The molecule has 0 spiro atoms. The Labute approximate surface area is 117 Å². The van der Waals surface area contributed by atoms with Gasteiger partial charge in [-0.2, -0.15) is 0 Å². The number of fused-ring (bicyclic) bond motifs is 1. The summed E-state index contributed by atoms with van der Waals surface area (Å²) in [5.74, 6) is 1.82. The number of rotatable bonds is 2. The van der Waals surface area contributed by atoms with Gasteiger partial charge in [0.2, 0.25) is 0 Å². The molecule has 3 aromatic heterocycles. The van der Waals surface area contributed by atoms with Gasteiger partial charge in [-0.15, -0.1) is 0 Å². The molecule has 0 aromatic carbocycles. The Balaban J connectivity index is 1.65. The Morgan fingerprint density at radius 1 is 1.00 bits per heavy atom. The van der Waals surface area contributed by atoms with Gasteiger partial charge in [-0.3, -0.25) is 9.97 Å². The van der Waals surface area contributed by atoms with Crippen molar-refractivity contribution in [3.05, 3.63) is 60.1 Å². The summed E-state index contributed by atoms with van der Waals surface area (Å²) in [6.45, 7) is 2.00. The van der Waals surface area contributed by atoms with Crippen molar-refractivity contribution in [2.45, 2.75) is 25.2 Å². The van der Waals surface area contributed by atoms with Crippen LogP contribution in [0.1, 0.15) is 35.5 Å². The average Bonchev–Trinajstić information content (AvgIpc) is 3.27. The van der Waals surface area contributed by atoms with Gasteiger partial charge in [0.25, 0.3) is 0 Å². The lowest BCUT2D eigenvalue weighted by atomic mass is 10.1. The Bertz CT molecular complexity index is 784. The third-order valence-corrected chi connectivity index (χ3v) is 3.83. The summed E-state index contributed by atoms with van der Waals surface area (Å²) in [7, 11) is 0. The summed E-state index contributed by atoms with van der Waals surface area (Å²) in [5.41, 5.74) is 3.17. The summed E-state index contributed by atoms with van der Waals surface area (Å²) < 4.78 is 0. The van der Waals surface area contributed by atoms with Crippen LogP contribution >= 0.6 is 0 Å². The minimum absolute atomic E-state index is 0.418. The summed E-state index contributed by atoms with van der Waals surface area (Å²) in [6.07, 6.45) is 6.56. The van der Waals surface area contributed by atoms with E-state index in [4.69, 9.17) is 4.98 Å². The van der Waals surface area contributed by atoms with Gasteiger partial charge < -0.3 is 0 Å². The van der Waals surface area contributed by atoms with Crippen molar-refractivity contribution in [2.24, 2.45) is 0 Å². The minimum atomic E-state index is 0.418. The predicted molar refractivity (Wildman–Crippen MR) is 76.4 cm³/mol. The quantitative estimate of drug-likeness (QED) is 0.712. The molecule has 3 aromatic rings. The summed E-state index contributed by atoms with van der Waals surface area (Å²) in [6, 6.07) is 8.09. The molecule has 4 heteroatoms. The molecule has 98 valence electrons. The van der Waals surface area contributed by atoms with Crippen LogP contribution in [0.3, 0.4) is 0 Å². The molecule has 4 nitrogen and oxygen atoms in total. The molecule has 0 radical (unpaired) electrons. The van der Waals surface area contributed by atoms with Crippen LogP contribution in [0.5, 0.6) is 0 Å². The van der Waals surface area contributed by atoms with E-state index in [0.717, 1.165) is 34.5 Å². The SMILES string of the molecule is Cc1ccnc([C@H]2C[C@@H]2c2ccc3cnccc3n2)n1. The van der Waals surface area contributed by atoms with Crippen molar-refractivity contribution < 1.29 is 0 Å². The van der Waals surface area contributed by atoms with Crippen LogP contribution < -0.4 is 0 Å². The Morgan fingerprint density at radius 2 is 1.95 bits per heavy atom. The zero-order valence-electron chi connectivity index (χ0n) is 11.2. The van der Waals surface area contributed by atoms with Crippen molar-refractivity contribution in [1.82, 2.24) is 19.9 Å². The molecule has 1 saturated carbocycles. The first-order chi connectivity index (χ1) is 9.81. The number of hydrogen-bond donors (Lipinski definition) is 0. The topological polar surface area (TPSA) is 51.6 Å². The molecule has 3 heterocycles. The number of aryl methyl sites for hydroxylation is 1. The Kier molecular flexibility index (Phi) is 2.49. The standard InChI is InChI=1S/C16H14N4/c1-10-4-7-18-16(19-10)13-8-12(13)15-3-2-11-9-17-6-5-14(11)20-15/h2-7,9,12-13H,8H2,1H3/t12-,13-/m0/s1. The predicted octanol–water partition coefficient (Wildman–Crippen LogP) is 3.00. The minimum Gasteiger partial charge on any atom is -0.264 e. The lowest BCUT2D eigenvalue weighted by Gasteiger charge is -2.02. The normalized spacial score (nSPS) is 21.1. The van der Waals surface area contributed by atoms with E-state index in [1.807, 2.05) is 31.5 Å². The van der Waals surface area contributed by atoms with Crippen LogP contribution in [0.4, 0.5) is 0 Å². The fourth-order valence-electron chi connectivity index (χ4n) is 2.64. The molecule has 0 saturated heterocycles. The molecule has 0 N–H and O–H groups in total. The van der Waals surface area contributed by atoms with Gasteiger partial charge in [0, 0.05) is 47.2 Å². The highest BCUT2D eigenvalue weighted by Crippen LogP contribution is 2.52. The van der Waals surface area contributed by atoms with Gasteiger partial charge >= 0.3 is 0 Å². The van der Waals surface area contributed by atoms with Crippen LogP contribution in [0, 0.1) is 6.92 Å². The fourth-order valence-corrected chi connectivity index (χ4v) is 2.64. The number of nitrogens with zero attached hydrogens (tertiary/aromatic N) is 4. The van der Waals surface area contributed by atoms with Crippen LogP contribution in [-0.4, -0.2) is 19.9 Å². The van der Waals surface area contributed by atoms with E-state index in [1.54, 1.807) is 6.20 Å². The molecule has 0 unspecified atom stereocenters.